The van der Waals surface area contributed by atoms with Crippen LogP contribution in [-0.4, -0.2) is 15.9 Å². The summed E-state index contributed by atoms with van der Waals surface area (Å²) in [7, 11) is 0. The Morgan fingerprint density at radius 3 is 2.21 bits per heavy atom. The molecule has 1 heterocycles. The van der Waals surface area contributed by atoms with E-state index in [1.165, 1.54) is 24.3 Å². The molecule has 6 nitrogen and oxygen atoms in total. The van der Waals surface area contributed by atoms with E-state index in [9.17, 15) is 9.70 Å². The molecule has 0 bridgehead atoms. The van der Waals surface area contributed by atoms with Crippen LogP contribution in [0.2, 0.25) is 0 Å². The van der Waals surface area contributed by atoms with E-state index in [4.69, 9.17) is 0 Å². The van der Waals surface area contributed by atoms with Gasteiger partial charge in [-0.2, -0.15) is 0 Å². The van der Waals surface area contributed by atoms with Crippen LogP contribution in [0.3, 0.4) is 0 Å². The van der Waals surface area contributed by atoms with Crippen molar-refractivity contribution in [2.45, 2.75) is 13.8 Å². The molecule has 0 aliphatic rings. The van der Waals surface area contributed by atoms with Crippen molar-refractivity contribution in [3.8, 4) is 0 Å². The molecule has 19 heavy (non-hydrogen) atoms. The lowest BCUT2D eigenvalue weighted by Gasteiger charge is -2.05. The van der Waals surface area contributed by atoms with Crippen LogP contribution in [0.25, 0.3) is 0 Å². The van der Waals surface area contributed by atoms with E-state index in [0.29, 0.717) is 5.56 Å². The third kappa shape index (κ3) is 3.19. The number of carbonyl (C=O) groups is 1. The van der Waals surface area contributed by atoms with Gasteiger partial charge in [0.15, 0.2) is 0 Å². The number of rotatable bonds is 3. The van der Waals surface area contributed by atoms with Crippen molar-refractivity contribution in [1.82, 2.24) is 9.97 Å². The maximum Gasteiger partial charge on any atom is 0.258 e. The molecule has 2 rings (SSSR count). The second-order valence-corrected chi connectivity index (χ2v) is 4.07. The van der Waals surface area contributed by atoms with Crippen LogP contribution in [0.1, 0.15) is 21.7 Å². The number of benzene rings is 1. The lowest BCUT2D eigenvalue weighted by molar-refractivity contribution is 0.102. The molecular weight excluding hydrogens is 244 g/mol. The fourth-order valence-corrected chi connectivity index (χ4v) is 1.63. The number of hydrogen-bond donors (Lipinski definition) is 1. The van der Waals surface area contributed by atoms with Gasteiger partial charge in [0.25, 0.3) is 5.91 Å². The SMILES string of the molecule is Cc1cc(C)nc(NC(=O)c2ccc(N=O)cc2)n1. The van der Waals surface area contributed by atoms with E-state index in [-0.39, 0.29) is 17.5 Å². The van der Waals surface area contributed by atoms with E-state index in [0.717, 1.165) is 11.4 Å². The summed E-state index contributed by atoms with van der Waals surface area (Å²) in [6, 6.07) is 7.82. The van der Waals surface area contributed by atoms with Crippen LogP contribution < -0.4 is 5.32 Å². The van der Waals surface area contributed by atoms with Crippen LogP contribution in [0.4, 0.5) is 11.6 Å². The molecule has 6 heteroatoms. The van der Waals surface area contributed by atoms with Gasteiger partial charge in [0.1, 0.15) is 5.69 Å². The third-order valence-electron chi connectivity index (χ3n) is 2.44. The van der Waals surface area contributed by atoms with Crippen molar-refractivity contribution in [3.05, 3.63) is 52.2 Å². The highest BCUT2D eigenvalue weighted by Gasteiger charge is 2.08. The van der Waals surface area contributed by atoms with Gasteiger partial charge in [-0.25, -0.2) is 9.97 Å². The minimum atomic E-state index is -0.331. The lowest BCUT2D eigenvalue weighted by atomic mass is 10.2. The van der Waals surface area contributed by atoms with Crippen molar-refractivity contribution < 1.29 is 4.79 Å². The van der Waals surface area contributed by atoms with Crippen molar-refractivity contribution in [2.75, 3.05) is 5.32 Å². The lowest BCUT2D eigenvalue weighted by Crippen LogP contribution is -2.14. The van der Waals surface area contributed by atoms with Gasteiger partial charge < -0.3 is 0 Å². The summed E-state index contributed by atoms with van der Waals surface area (Å²) in [6.45, 7) is 3.66. The summed E-state index contributed by atoms with van der Waals surface area (Å²) in [6.07, 6.45) is 0. The molecule has 1 amide bonds. The van der Waals surface area contributed by atoms with Gasteiger partial charge in [-0.05, 0) is 49.4 Å². The van der Waals surface area contributed by atoms with E-state index in [1.807, 2.05) is 19.9 Å². The summed E-state index contributed by atoms with van der Waals surface area (Å²) in [4.78, 5) is 30.5. The Balaban J connectivity index is 2.17. The molecule has 0 aliphatic heterocycles. The van der Waals surface area contributed by atoms with Gasteiger partial charge in [-0.3, -0.25) is 10.1 Å². The van der Waals surface area contributed by atoms with E-state index < -0.39 is 0 Å². The Morgan fingerprint density at radius 1 is 1.11 bits per heavy atom. The molecule has 0 spiro atoms. The molecule has 0 saturated heterocycles. The molecule has 0 radical (unpaired) electrons. The molecule has 1 N–H and O–H groups in total. The zero-order valence-corrected chi connectivity index (χ0v) is 10.5. The van der Waals surface area contributed by atoms with Gasteiger partial charge in [0.05, 0.1) is 0 Å². The average Bonchev–Trinajstić information content (AvgIpc) is 2.37. The molecule has 0 aliphatic carbocycles. The normalized spacial score (nSPS) is 10.0. The molecule has 96 valence electrons. The molecule has 0 atom stereocenters. The smallest absolute Gasteiger partial charge is 0.258 e. The molecular formula is C13H12N4O2. The standard InChI is InChI=1S/C13H12N4O2/c1-8-7-9(2)15-13(14-8)16-12(18)10-3-5-11(17-19)6-4-10/h3-7H,1-2H3,(H,14,15,16,18). The van der Waals surface area contributed by atoms with Gasteiger partial charge >= 0.3 is 0 Å². The number of nitroso groups, excluding NO2 is 1. The first-order valence-corrected chi connectivity index (χ1v) is 5.65. The van der Waals surface area contributed by atoms with Crippen molar-refractivity contribution in [3.63, 3.8) is 0 Å². The average molecular weight is 256 g/mol. The van der Waals surface area contributed by atoms with Gasteiger partial charge in [-0.15, -0.1) is 4.91 Å². The predicted molar refractivity (Wildman–Crippen MR) is 71.4 cm³/mol. The summed E-state index contributed by atoms with van der Waals surface area (Å²) in [5.74, 6) is -0.0671. The van der Waals surface area contributed by atoms with Gasteiger partial charge in [0.2, 0.25) is 5.95 Å². The van der Waals surface area contributed by atoms with Crippen molar-refractivity contribution in [1.29, 1.82) is 0 Å². The van der Waals surface area contributed by atoms with E-state index >= 15 is 0 Å². The molecule has 0 unspecified atom stereocenters. The van der Waals surface area contributed by atoms with Crippen LogP contribution in [0.15, 0.2) is 35.5 Å². The summed E-state index contributed by atoms with van der Waals surface area (Å²) >= 11 is 0. The zero-order valence-electron chi connectivity index (χ0n) is 10.5. The maximum absolute atomic E-state index is 11.9. The van der Waals surface area contributed by atoms with Crippen LogP contribution in [0, 0.1) is 18.8 Å². The number of aryl methyl sites for hydroxylation is 2. The molecule has 2 aromatic rings. The Bertz CT molecular complexity index is 603. The highest BCUT2D eigenvalue weighted by atomic mass is 16.3. The molecule has 1 aromatic heterocycles. The van der Waals surface area contributed by atoms with E-state index in [2.05, 4.69) is 20.5 Å². The number of carbonyl (C=O) groups excluding carboxylic acids is 1. The largest absolute Gasteiger partial charge is 0.290 e. The van der Waals surface area contributed by atoms with Crippen molar-refractivity contribution in [2.24, 2.45) is 5.18 Å². The molecule has 0 saturated carbocycles. The first-order chi connectivity index (χ1) is 9.08. The highest BCUT2D eigenvalue weighted by Crippen LogP contribution is 2.13. The van der Waals surface area contributed by atoms with Crippen LogP contribution in [-0.2, 0) is 0 Å². The molecule has 0 fully saturated rings. The monoisotopic (exact) mass is 256 g/mol. The number of amides is 1. The van der Waals surface area contributed by atoms with Crippen LogP contribution in [0.5, 0.6) is 0 Å². The number of nitrogens with one attached hydrogen (secondary N) is 1. The Labute approximate surface area is 109 Å². The maximum atomic E-state index is 11.9. The summed E-state index contributed by atoms with van der Waals surface area (Å²) in [5, 5.41) is 5.38. The number of anilines is 1. The topological polar surface area (TPSA) is 84.3 Å². The van der Waals surface area contributed by atoms with Gasteiger partial charge in [0, 0.05) is 17.0 Å². The fourth-order valence-electron chi connectivity index (χ4n) is 1.63. The fraction of sp³-hybridized carbons (Fsp3) is 0.154. The Kier molecular flexibility index (Phi) is 3.61. The Morgan fingerprint density at radius 2 is 1.68 bits per heavy atom. The minimum absolute atomic E-state index is 0.264. The third-order valence-corrected chi connectivity index (χ3v) is 2.44. The molecule has 1 aromatic carbocycles. The minimum Gasteiger partial charge on any atom is -0.290 e. The van der Waals surface area contributed by atoms with Crippen molar-refractivity contribution >= 4 is 17.5 Å². The number of hydrogen-bond acceptors (Lipinski definition) is 5. The number of nitrogens with zero attached hydrogens (tertiary/aromatic N) is 3. The highest BCUT2D eigenvalue weighted by molar-refractivity contribution is 6.03. The summed E-state index contributed by atoms with van der Waals surface area (Å²) < 4.78 is 0. The second-order valence-electron chi connectivity index (χ2n) is 4.07. The predicted octanol–water partition coefficient (Wildman–Crippen LogP) is 2.74. The van der Waals surface area contributed by atoms with Crippen LogP contribution >= 0.6 is 0 Å². The van der Waals surface area contributed by atoms with Gasteiger partial charge in [-0.1, -0.05) is 0 Å². The summed E-state index contributed by atoms with van der Waals surface area (Å²) in [5.41, 5.74) is 2.25. The van der Waals surface area contributed by atoms with E-state index in [1.54, 1.807) is 0 Å². The zero-order chi connectivity index (χ0) is 13.8. The number of aromatic nitrogens is 2. The first-order valence-electron chi connectivity index (χ1n) is 5.65. The second kappa shape index (κ2) is 5.34. The Hall–Kier alpha value is -2.63. The quantitative estimate of drug-likeness (QED) is 0.855. The first kappa shape index (κ1) is 12.8.